The molecule has 1 heterocycles. The average molecular weight is 327 g/mol. The highest BCUT2D eigenvalue weighted by molar-refractivity contribution is 7.63. The molecule has 0 spiro atoms. The van der Waals surface area contributed by atoms with Crippen LogP contribution in [0, 0.1) is 0 Å². The fourth-order valence-corrected chi connectivity index (χ4v) is 28.7. The molecule has 0 bridgehead atoms. The SMILES string of the molecule is COC1(OC)C[Si](C)(C)[Si](C)(OC)[Si](OC)(OC)O1. The highest BCUT2D eigenvalue weighted by Crippen LogP contribution is 2.45. The van der Waals surface area contributed by atoms with E-state index in [1.165, 1.54) is 0 Å². The van der Waals surface area contributed by atoms with Crippen LogP contribution in [0.15, 0.2) is 0 Å². The van der Waals surface area contributed by atoms with Crippen LogP contribution in [0.1, 0.15) is 0 Å². The summed E-state index contributed by atoms with van der Waals surface area (Å²) in [6.07, 6.45) is 0. The maximum atomic E-state index is 6.12. The van der Waals surface area contributed by atoms with Crippen molar-refractivity contribution in [2.45, 2.75) is 31.7 Å². The summed E-state index contributed by atoms with van der Waals surface area (Å²) in [6.45, 7) is 6.67. The standard InChI is InChI=1S/C10H26O6Si3/c1-11-10(12-2)9-17(6,7)18(8,13-3)19(14-4,15-5)16-10/h9H2,1-8H3. The summed E-state index contributed by atoms with van der Waals surface area (Å²) in [5, 5.41) is 0. The topological polar surface area (TPSA) is 55.4 Å². The van der Waals surface area contributed by atoms with E-state index in [2.05, 4.69) is 19.6 Å². The van der Waals surface area contributed by atoms with Gasteiger partial charge in [-0.2, -0.15) is 0 Å². The fraction of sp³-hybridized carbons (Fsp3) is 1.00. The third kappa shape index (κ3) is 2.40. The molecule has 0 saturated carbocycles. The quantitative estimate of drug-likeness (QED) is 0.560. The van der Waals surface area contributed by atoms with E-state index in [4.69, 9.17) is 27.2 Å². The van der Waals surface area contributed by atoms with E-state index in [0.29, 0.717) is 6.04 Å². The van der Waals surface area contributed by atoms with Crippen LogP contribution in [-0.2, 0) is 27.2 Å². The Kier molecular flexibility index (Phi) is 5.20. The van der Waals surface area contributed by atoms with Gasteiger partial charge in [-0.05, 0) is 6.55 Å². The Morgan fingerprint density at radius 1 is 0.842 bits per heavy atom. The lowest BCUT2D eigenvalue weighted by molar-refractivity contribution is -0.326. The van der Waals surface area contributed by atoms with Crippen LogP contribution < -0.4 is 0 Å². The van der Waals surface area contributed by atoms with Crippen LogP contribution in [0.3, 0.4) is 0 Å². The van der Waals surface area contributed by atoms with Gasteiger partial charge in [0, 0.05) is 41.6 Å². The summed E-state index contributed by atoms with van der Waals surface area (Å²) in [6, 6.07) is 0.699. The monoisotopic (exact) mass is 326 g/mol. The van der Waals surface area contributed by atoms with Gasteiger partial charge in [-0.1, -0.05) is 13.1 Å². The first-order chi connectivity index (χ1) is 8.72. The first-order valence-electron chi connectivity index (χ1n) is 6.18. The van der Waals surface area contributed by atoms with E-state index in [1.54, 1.807) is 35.5 Å². The lowest BCUT2D eigenvalue weighted by Crippen LogP contribution is -2.85. The number of rotatable bonds is 5. The van der Waals surface area contributed by atoms with Gasteiger partial charge in [0.1, 0.15) is 0 Å². The zero-order chi connectivity index (χ0) is 14.9. The largest absolute Gasteiger partial charge is 0.503 e. The Hall–Kier alpha value is 0.411. The molecular formula is C10H26O6Si3. The van der Waals surface area contributed by atoms with E-state index in [1.807, 2.05) is 0 Å². The van der Waals surface area contributed by atoms with Crippen molar-refractivity contribution in [1.29, 1.82) is 0 Å². The van der Waals surface area contributed by atoms with Crippen LogP contribution in [0.4, 0.5) is 0 Å². The summed E-state index contributed by atoms with van der Waals surface area (Å²) in [5.41, 5.74) is 0. The summed E-state index contributed by atoms with van der Waals surface area (Å²) < 4.78 is 34.5. The van der Waals surface area contributed by atoms with Crippen LogP contribution in [0.2, 0.25) is 25.7 Å². The molecule has 0 amide bonds. The molecule has 0 aromatic rings. The molecule has 19 heavy (non-hydrogen) atoms. The van der Waals surface area contributed by atoms with Crippen molar-refractivity contribution < 1.29 is 27.2 Å². The van der Waals surface area contributed by atoms with E-state index >= 15 is 0 Å². The van der Waals surface area contributed by atoms with Gasteiger partial charge in [0.05, 0.1) is 7.59 Å². The van der Waals surface area contributed by atoms with Gasteiger partial charge >= 0.3 is 8.32 Å². The molecule has 6 nitrogen and oxygen atoms in total. The smallest absolute Gasteiger partial charge is 0.417 e. The molecule has 9 heteroatoms. The van der Waals surface area contributed by atoms with E-state index in [-0.39, 0.29) is 0 Å². The van der Waals surface area contributed by atoms with Crippen molar-refractivity contribution in [2.24, 2.45) is 0 Å². The van der Waals surface area contributed by atoms with Crippen LogP contribution in [0.25, 0.3) is 0 Å². The molecule has 1 atom stereocenters. The van der Waals surface area contributed by atoms with E-state index in [0.717, 1.165) is 0 Å². The molecular weight excluding hydrogens is 300 g/mol. The average Bonchev–Trinajstić information content (AvgIpc) is 2.41. The van der Waals surface area contributed by atoms with Crippen molar-refractivity contribution in [3.05, 3.63) is 0 Å². The van der Waals surface area contributed by atoms with Crippen molar-refractivity contribution in [3.8, 4) is 0 Å². The van der Waals surface area contributed by atoms with Gasteiger partial charge in [0.25, 0.3) is 13.3 Å². The number of methoxy groups -OCH3 is 2. The predicted molar refractivity (Wildman–Crippen MR) is 78.5 cm³/mol. The second-order valence-corrected chi connectivity index (χ2v) is 27.3. The molecule has 114 valence electrons. The van der Waals surface area contributed by atoms with Crippen LogP contribution >= 0.6 is 0 Å². The molecule has 0 aromatic carbocycles. The van der Waals surface area contributed by atoms with Gasteiger partial charge in [0.2, 0.25) is 0 Å². The molecule has 0 N–H and O–H groups in total. The Balaban J connectivity index is 3.38. The Labute approximate surface area is 118 Å². The molecule has 0 aromatic heterocycles. The maximum absolute atomic E-state index is 6.12. The minimum absolute atomic E-state index is 0.699. The minimum atomic E-state index is -2.97. The van der Waals surface area contributed by atoms with Crippen molar-refractivity contribution >= 4 is 23.3 Å². The minimum Gasteiger partial charge on any atom is -0.417 e. The van der Waals surface area contributed by atoms with Gasteiger partial charge < -0.3 is 27.2 Å². The zero-order valence-electron chi connectivity index (χ0n) is 13.2. The van der Waals surface area contributed by atoms with Crippen molar-refractivity contribution in [2.75, 3.05) is 35.5 Å². The first-order valence-corrected chi connectivity index (χ1v) is 15.5. The maximum Gasteiger partial charge on any atom is 0.503 e. The first kappa shape index (κ1) is 17.5. The molecule has 0 aliphatic carbocycles. The fourth-order valence-electron chi connectivity index (χ4n) is 2.73. The lowest BCUT2D eigenvalue weighted by atomic mass is 10.6. The highest BCUT2D eigenvalue weighted by Gasteiger charge is 2.76. The summed E-state index contributed by atoms with van der Waals surface area (Å²) in [5.74, 6) is -1.08. The summed E-state index contributed by atoms with van der Waals surface area (Å²) >= 11 is 0. The molecule has 1 unspecified atom stereocenters. The second-order valence-electron chi connectivity index (χ2n) is 5.46. The van der Waals surface area contributed by atoms with E-state index in [9.17, 15) is 0 Å². The normalized spacial score (nSPS) is 32.2. The Morgan fingerprint density at radius 2 is 1.32 bits per heavy atom. The number of hydrogen-bond acceptors (Lipinski definition) is 6. The Morgan fingerprint density at radius 3 is 1.63 bits per heavy atom. The molecule has 1 aliphatic rings. The molecule has 1 saturated heterocycles. The lowest BCUT2D eigenvalue weighted by Gasteiger charge is -2.55. The third-order valence-corrected chi connectivity index (χ3v) is 35.3. The summed E-state index contributed by atoms with van der Waals surface area (Å²) in [4.78, 5) is 0. The van der Waals surface area contributed by atoms with Crippen LogP contribution in [0.5, 0.6) is 0 Å². The Bertz CT molecular complexity index is 318. The number of hydrogen-bond donors (Lipinski definition) is 0. The van der Waals surface area contributed by atoms with Crippen molar-refractivity contribution in [1.82, 2.24) is 0 Å². The van der Waals surface area contributed by atoms with Crippen molar-refractivity contribution in [3.63, 3.8) is 0 Å². The third-order valence-electron chi connectivity index (χ3n) is 4.39. The van der Waals surface area contributed by atoms with Gasteiger partial charge in [-0.15, -0.1) is 0 Å². The van der Waals surface area contributed by atoms with Crippen LogP contribution in [-0.4, -0.2) is 64.8 Å². The highest BCUT2D eigenvalue weighted by atomic mass is 29.7. The second kappa shape index (κ2) is 5.66. The molecule has 1 fully saturated rings. The molecule has 0 radical (unpaired) electrons. The van der Waals surface area contributed by atoms with Gasteiger partial charge in [-0.3, -0.25) is 0 Å². The van der Waals surface area contributed by atoms with Gasteiger partial charge in [-0.25, -0.2) is 0 Å². The van der Waals surface area contributed by atoms with Gasteiger partial charge in [0.15, 0.2) is 0 Å². The number of ether oxygens (including phenoxy) is 2. The predicted octanol–water partition coefficient (Wildman–Crippen LogP) is 1.28. The van der Waals surface area contributed by atoms with E-state index < -0.39 is 29.2 Å². The zero-order valence-corrected chi connectivity index (χ0v) is 16.2. The molecule has 1 rings (SSSR count). The summed E-state index contributed by atoms with van der Waals surface area (Å²) in [7, 11) is 1.02. The molecule has 1 aliphatic heterocycles.